The van der Waals surface area contributed by atoms with Crippen molar-refractivity contribution in [2.24, 2.45) is 0 Å². The van der Waals surface area contributed by atoms with Crippen LogP contribution in [0.25, 0.3) is 5.76 Å². The number of methoxy groups -OCH3 is 2. The molecule has 1 atom stereocenters. The van der Waals surface area contributed by atoms with Crippen LogP contribution >= 0.6 is 15.9 Å². The van der Waals surface area contributed by atoms with E-state index >= 15 is 0 Å². The molecular weight excluding hydrogens is 454 g/mol. The predicted octanol–water partition coefficient (Wildman–Crippen LogP) is 4.00. The number of amides is 1. The number of halogens is 1. The van der Waals surface area contributed by atoms with Gasteiger partial charge in [-0.3, -0.25) is 9.59 Å². The van der Waals surface area contributed by atoms with E-state index in [1.54, 1.807) is 30.3 Å². The molecule has 0 bridgehead atoms. The number of aliphatic hydroxyl groups is 1. The second-order valence-corrected chi connectivity index (χ2v) is 7.63. The Morgan fingerprint density at radius 3 is 2.33 bits per heavy atom. The molecule has 0 aromatic heterocycles. The number of carbonyl (C=O) groups is 2. The van der Waals surface area contributed by atoms with Crippen LogP contribution in [0, 0.1) is 0 Å². The van der Waals surface area contributed by atoms with Gasteiger partial charge >= 0.3 is 0 Å². The van der Waals surface area contributed by atoms with E-state index in [1.165, 1.54) is 25.2 Å². The molecule has 0 spiro atoms. The fourth-order valence-corrected chi connectivity index (χ4v) is 4.09. The van der Waals surface area contributed by atoms with Crippen LogP contribution in [0.2, 0.25) is 0 Å². The van der Waals surface area contributed by atoms with E-state index in [0.29, 0.717) is 34.3 Å². The van der Waals surface area contributed by atoms with Gasteiger partial charge in [0, 0.05) is 12.1 Å². The minimum Gasteiger partial charge on any atom is -0.507 e. The summed E-state index contributed by atoms with van der Waals surface area (Å²) in [6, 6.07) is 8.70. The summed E-state index contributed by atoms with van der Waals surface area (Å²) in [6.45, 7) is 2.22. The summed E-state index contributed by atoms with van der Waals surface area (Å²) in [5.74, 6) is -1.04. The minimum absolute atomic E-state index is 0.0323. The van der Waals surface area contributed by atoms with E-state index < -0.39 is 17.7 Å². The Labute approximate surface area is 182 Å². The lowest BCUT2D eigenvalue weighted by molar-refractivity contribution is -0.139. The molecule has 1 unspecified atom stereocenters. The predicted molar refractivity (Wildman–Crippen MR) is 115 cm³/mol. The molecule has 0 aliphatic carbocycles. The summed E-state index contributed by atoms with van der Waals surface area (Å²) in [5.41, 5.74) is 0.824. The molecule has 3 rings (SSSR count). The lowest BCUT2D eigenvalue weighted by atomic mass is 9.95. The molecule has 158 valence electrons. The van der Waals surface area contributed by atoms with Gasteiger partial charge in [-0.1, -0.05) is 13.0 Å². The first-order valence-electron chi connectivity index (χ1n) is 9.33. The van der Waals surface area contributed by atoms with Crippen LogP contribution in [0.1, 0.15) is 30.5 Å². The third-order valence-electron chi connectivity index (χ3n) is 4.95. The highest BCUT2D eigenvalue weighted by Gasteiger charge is 2.45. The van der Waals surface area contributed by atoms with Gasteiger partial charge in [-0.05, 0) is 58.2 Å². The summed E-state index contributed by atoms with van der Waals surface area (Å²) >= 11 is 3.37. The smallest absolute Gasteiger partial charge is 0.295 e. The van der Waals surface area contributed by atoms with Crippen molar-refractivity contribution in [2.75, 3.05) is 20.8 Å². The number of likely N-dealkylation sites (tertiary alicyclic amines) is 1. The highest BCUT2D eigenvalue weighted by molar-refractivity contribution is 9.10. The molecule has 30 heavy (non-hydrogen) atoms. The quantitative estimate of drug-likeness (QED) is 0.372. The number of aromatic hydroxyl groups is 1. The van der Waals surface area contributed by atoms with E-state index in [9.17, 15) is 19.8 Å². The first-order valence-corrected chi connectivity index (χ1v) is 10.1. The van der Waals surface area contributed by atoms with Crippen molar-refractivity contribution in [2.45, 2.75) is 19.4 Å². The number of ether oxygens (including phenoxy) is 2. The van der Waals surface area contributed by atoms with Gasteiger partial charge in [0.2, 0.25) is 0 Å². The lowest BCUT2D eigenvalue weighted by Crippen LogP contribution is -2.30. The van der Waals surface area contributed by atoms with Crippen LogP contribution in [0.15, 0.2) is 46.4 Å². The number of aliphatic hydroxyl groups excluding tert-OH is 1. The van der Waals surface area contributed by atoms with Crippen molar-refractivity contribution >= 4 is 33.4 Å². The molecule has 7 nitrogen and oxygen atoms in total. The van der Waals surface area contributed by atoms with Gasteiger partial charge in [0.05, 0.1) is 30.3 Å². The monoisotopic (exact) mass is 475 g/mol. The Morgan fingerprint density at radius 1 is 1.10 bits per heavy atom. The first kappa shape index (κ1) is 21.7. The molecule has 1 amide bonds. The number of ketones is 1. The third-order valence-corrected chi connectivity index (χ3v) is 5.57. The molecule has 1 aliphatic rings. The largest absolute Gasteiger partial charge is 0.507 e. The Bertz CT molecular complexity index is 1030. The average Bonchev–Trinajstić information content (AvgIpc) is 2.98. The van der Waals surface area contributed by atoms with Crippen molar-refractivity contribution < 1.29 is 29.3 Å². The summed E-state index contributed by atoms with van der Waals surface area (Å²) < 4.78 is 10.9. The molecular formula is C22H22BrNO6. The van der Waals surface area contributed by atoms with E-state index in [1.807, 2.05) is 6.92 Å². The SMILES string of the molecule is CCCN1C(=O)C(=O)/C(=C(\O)c2ccc(OC)c(Br)c2)C1c1ccc(OC)c(O)c1. The molecule has 0 radical (unpaired) electrons. The minimum atomic E-state index is -0.831. The molecule has 1 saturated heterocycles. The van der Waals surface area contributed by atoms with Crippen molar-refractivity contribution in [3.8, 4) is 17.2 Å². The number of carbonyl (C=O) groups excluding carboxylic acids is 2. The second kappa shape index (κ2) is 8.79. The fourth-order valence-electron chi connectivity index (χ4n) is 3.54. The Balaban J connectivity index is 2.19. The zero-order chi connectivity index (χ0) is 22.0. The number of hydrogen-bond acceptors (Lipinski definition) is 6. The van der Waals surface area contributed by atoms with E-state index in [4.69, 9.17) is 9.47 Å². The van der Waals surface area contributed by atoms with Crippen LogP contribution in [0.4, 0.5) is 0 Å². The van der Waals surface area contributed by atoms with Crippen molar-refractivity contribution in [1.29, 1.82) is 0 Å². The maximum Gasteiger partial charge on any atom is 0.295 e. The Morgan fingerprint density at radius 2 is 1.77 bits per heavy atom. The van der Waals surface area contributed by atoms with Crippen molar-refractivity contribution in [3.05, 3.63) is 57.6 Å². The number of rotatable bonds is 6. The molecule has 1 heterocycles. The number of nitrogens with zero attached hydrogens (tertiary/aromatic N) is 1. The van der Waals surface area contributed by atoms with Gasteiger partial charge in [0.25, 0.3) is 11.7 Å². The van der Waals surface area contributed by atoms with Crippen LogP contribution in [0.3, 0.4) is 0 Å². The summed E-state index contributed by atoms with van der Waals surface area (Å²) in [4.78, 5) is 27.0. The average molecular weight is 476 g/mol. The van der Waals surface area contributed by atoms with Gasteiger partial charge in [0.15, 0.2) is 11.5 Å². The Kier molecular flexibility index (Phi) is 6.36. The molecule has 8 heteroatoms. The van der Waals surface area contributed by atoms with Gasteiger partial charge in [-0.25, -0.2) is 0 Å². The highest BCUT2D eigenvalue weighted by atomic mass is 79.9. The fraction of sp³-hybridized carbons (Fsp3) is 0.273. The topological polar surface area (TPSA) is 96.3 Å². The number of phenolic OH excluding ortho intramolecular Hbond substituents is 1. The summed E-state index contributed by atoms with van der Waals surface area (Å²) in [6.07, 6.45) is 0.625. The second-order valence-electron chi connectivity index (χ2n) is 6.77. The maximum atomic E-state index is 12.9. The molecule has 1 aliphatic heterocycles. The normalized spacial score (nSPS) is 18.0. The highest BCUT2D eigenvalue weighted by Crippen LogP contribution is 2.42. The van der Waals surface area contributed by atoms with Gasteiger partial charge in [0.1, 0.15) is 11.5 Å². The number of benzene rings is 2. The molecule has 2 aromatic carbocycles. The van der Waals surface area contributed by atoms with E-state index in [0.717, 1.165) is 0 Å². The number of hydrogen-bond donors (Lipinski definition) is 2. The summed E-state index contributed by atoms with van der Waals surface area (Å²) in [7, 11) is 2.95. The standard InChI is InChI=1S/C22H22BrNO6/c1-4-9-24-19(12-5-8-17(30-3)15(25)11-12)18(21(27)22(24)28)20(26)13-6-7-16(29-2)14(23)10-13/h5-8,10-11,19,25-26H,4,9H2,1-3H3/b20-18-. The van der Waals surface area contributed by atoms with Gasteiger partial charge < -0.3 is 24.6 Å². The Hall–Kier alpha value is -3.00. The molecule has 2 N–H and O–H groups in total. The molecule has 0 saturated carbocycles. The number of phenols is 1. The van der Waals surface area contributed by atoms with Crippen molar-refractivity contribution in [1.82, 2.24) is 4.90 Å². The van der Waals surface area contributed by atoms with Crippen LogP contribution in [-0.4, -0.2) is 47.6 Å². The molecule has 1 fully saturated rings. The zero-order valence-corrected chi connectivity index (χ0v) is 18.4. The third kappa shape index (κ3) is 3.75. The summed E-state index contributed by atoms with van der Waals surface area (Å²) in [5, 5.41) is 21.2. The van der Waals surface area contributed by atoms with Crippen LogP contribution in [-0.2, 0) is 9.59 Å². The van der Waals surface area contributed by atoms with E-state index in [-0.39, 0.29) is 22.8 Å². The first-order chi connectivity index (χ1) is 14.3. The molecule has 2 aromatic rings. The van der Waals surface area contributed by atoms with Gasteiger partial charge in [-0.15, -0.1) is 0 Å². The number of Topliss-reactive ketones (excluding diaryl/α,β-unsaturated/α-hetero) is 1. The van der Waals surface area contributed by atoms with E-state index in [2.05, 4.69) is 15.9 Å². The zero-order valence-electron chi connectivity index (χ0n) is 16.8. The van der Waals surface area contributed by atoms with Crippen LogP contribution in [0.5, 0.6) is 17.2 Å². The lowest BCUT2D eigenvalue weighted by Gasteiger charge is -2.25. The van der Waals surface area contributed by atoms with Crippen LogP contribution < -0.4 is 9.47 Å². The van der Waals surface area contributed by atoms with Crippen molar-refractivity contribution in [3.63, 3.8) is 0 Å². The maximum absolute atomic E-state index is 12.9. The van der Waals surface area contributed by atoms with Gasteiger partial charge in [-0.2, -0.15) is 0 Å².